The largest absolute Gasteiger partial charge is 0.444 e. The molecule has 1 saturated heterocycles. The van der Waals surface area contributed by atoms with Crippen LogP contribution in [0.3, 0.4) is 0 Å². The molecule has 0 aromatic carbocycles. The summed E-state index contributed by atoms with van der Waals surface area (Å²) in [5.41, 5.74) is 0. The molecule has 1 aliphatic heterocycles. The van der Waals surface area contributed by atoms with E-state index in [9.17, 15) is 4.79 Å². The molecule has 1 aliphatic rings. The van der Waals surface area contributed by atoms with Crippen LogP contribution in [0.25, 0.3) is 0 Å². The average Bonchev–Trinajstić information content (AvgIpc) is 2.66. The predicted molar refractivity (Wildman–Crippen MR) is 57.7 cm³/mol. The number of hydrogen-bond acceptors (Lipinski definition) is 3. The van der Waals surface area contributed by atoms with Gasteiger partial charge in [-0.3, -0.25) is 4.79 Å². The molecule has 1 N–H and O–H groups in total. The Kier molecular flexibility index (Phi) is 3.43. The SMILES string of the molecule is O=C(NC1CCOCC1)c1ccc(Br)o1. The molecule has 0 unspecified atom stereocenters. The maximum absolute atomic E-state index is 11.7. The lowest BCUT2D eigenvalue weighted by atomic mass is 10.1. The lowest BCUT2D eigenvalue weighted by Gasteiger charge is -2.22. The van der Waals surface area contributed by atoms with Crippen LogP contribution in [0.1, 0.15) is 23.4 Å². The quantitative estimate of drug-likeness (QED) is 0.896. The van der Waals surface area contributed by atoms with Gasteiger partial charge in [0.25, 0.3) is 5.91 Å². The Balaban J connectivity index is 1.91. The van der Waals surface area contributed by atoms with Gasteiger partial charge in [-0.2, -0.15) is 0 Å². The van der Waals surface area contributed by atoms with Gasteiger partial charge in [0.05, 0.1) is 0 Å². The van der Waals surface area contributed by atoms with Crippen molar-refractivity contribution in [3.05, 3.63) is 22.6 Å². The number of amides is 1. The van der Waals surface area contributed by atoms with Crippen LogP contribution < -0.4 is 5.32 Å². The molecule has 5 heteroatoms. The fraction of sp³-hybridized carbons (Fsp3) is 0.500. The number of carbonyl (C=O) groups is 1. The van der Waals surface area contributed by atoms with Crippen molar-refractivity contribution in [1.82, 2.24) is 5.32 Å². The molecule has 1 fully saturated rings. The van der Waals surface area contributed by atoms with Crippen molar-refractivity contribution >= 4 is 21.8 Å². The van der Waals surface area contributed by atoms with Crippen LogP contribution in [-0.2, 0) is 4.74 Å². The molecular weight excluding hydrogens is 262 g/mol. The maximum Gasteiger partial charge on any atom is 0.287 e. The molecule has 0 spiro atoms. The number of hydrogen-bond donors (Lipinski definition) is 1. The second-order valence-corrected chi connectivity index (χ2v) is 4.25. The number of nitrogens with one attached hydrogen (secondary N) is 1. The Morgan fingerprint density at radius 1 is 1.40 bits per heavy atom. The maximum atomic E-state index is 11.7. The normalized spacial score (nSPS) is 17.7. The first-order chi connectivity index (χ1) is 7.25. The average molecular weight is 274 g/mol. The first kappa shape index (κ1) is 10.7. The summed E-state index contributed by atoms with van der Waals surface area (Å²) in [6.45, 7) is 1.43. The van der Waals surface area contributed by atoms with Crippen LogP contribution in [0.15, 0.2) is 21.2 Å². The highest BCUT2D eigenvalue weighted by atomic mass is 79.9. The molecule has 2 heterocycles. The minimum Gasteiger partial charge on any atom is -0.444 e. The van der Waals surface area contributed by atoms with E-state index in [1.807, 2.05) is 0 Å². The van der Waals surface area contributed by atoms with Crippen molar-refractivity contribution in [2.75, 3.05) is 13.2 Å². The van der Waals surface area contributed by atoms with Gasteiger partial charge in [0.1, 0.15) is 0 Å². The number of furan rings is 1. The van der Waals surface area contributed by atoms with Crippen LogP contribution in [0, 0.1) is 0 Å². The second-order valence-electron chi connectivity index (χ2n) is 3.46. The van der Waals surface area contributed by atoms with Crippen molar-refractivity contribution in [1.29, 1.82) is 0 Å². The summed E-state index contributed by atoms with van der Waals surface area (Å²) in [4.78, 5) is 11.7. The van der Waals surface area contributed by atoms with Crippen molar-refractivity contribution in [3.63, 3.8) is 0 Å². The van der Waals surface area contributed by atoms with Gasteiger partial charge in [-0.05, 0) is 40.9 Å². The lowest BCUT2D eigenvalue weighted by Crippen LogP contribution is -2.38. The summed E-state index contributed by atoms with van der Waals surface area (Å²) >= 11 is 3.16. The van der Waals surface area contributed by atoms with E-state index in [2.05, 4.69) is 21.2 Å². The van der Waals surface area contributed by atoms with Gasteiger partial charge in [0, 0.05) is 19.3 Å². The van der Waals surface area contributed by atoms with E-state index in [-0.39, 0.29) is 11.9 Å². The van der Waals surface area contributed by atoms with E-state index in [4.69, 9.17) is 9.15 Å². The van der Waals surface area contributed by atoms with E-state index in [0.29, 0.717) is 23.6 Å². The lowest BCUT2D eigenvalue weighted by molar-refractivity contribution is 0.0683. The molecule has 2 rings (SSSR count). The summed E-state index contributed by atoms with van der Waals surface area (Å²) < 4.78 is 10.9. The van der Waals surface area contributed by atoms with Crippen molar-refractivity contribution < 1.29 is 13.9 Å². The first-order valence-corrected chi connectivity index (χ1v) is 5.69. The molecular formula is C10H12BrNO3. The number of carbonyl (C=O) groups excluding carboxylic acids is 1. The zero-order chi connectivity index (χ0) is 10.7. The molecule has 1 aromatic heterocycles. The van der Waals surface area contributed by atoms with E-state index >= 15 is 0 Å². The number of ether oxygens (including phenoxy) is 1. The van der Waals surface area contributed by atoms with Gasteiger partial charge in [-0.15, -0.1) is 0 Å². The first-order valence-electron chi connectivity index (χ1n) is 4.89. The van der Waals surface area contributed by atoms with E-state index in [1.54, 1.807) is 12.1 Å². The zero-order valence-corrected chi connectivity index (χ0v) is 9.75. The summed E-state index contributed by atoms with van der Waals surface area (Å²) in [6, 6.07) is 3.56. The fourth-order valence-corrected chi connectivity index (χ4v) is 1.84. The highest BCUT2D eigenvalue weighted by Gasteiger charge is 2.18. The standard InChI is InChI=1S/C10H12BrNO3/c11-9-2-1-8(15-9)10(13)12-7-3-5-14-6-4-7/h1-2,7H,3-6H2,(H,12,13). The van der Waals surface area contributed by atoms with E-state index < -0.39 is 0 Å². The highest BCUT2D eigenvalue weighted by Crippen LogP contribution is 2.14. The van der Waals surface area contributed by atoms with Crippen molar-refractivity contribution in [3.8, 4) is 0 Å². The van der Waals surface area contributed by atoms with Crippen molar-refractivity contribution in [2.24, 2.45) is 0 Å². The Bertz CT molecular complexity index is 344. The topological polar surface area (TPSA) is 51.5 Å². The second kappa shape index (κ2) is 4.81. The van der Waals surface area contributed by atoms with Gasteiger partial charge in [-0.1, -0.05) is 0 Å². The minimum atomic E-state index is -0.160. The smallest absolute Gasteiger partial charge is 0.287 e. The van der Waals surface area contributed by atoms with Crippen molar-refractivity contribution in [2.45, 2.75) is 18.9 Å². The molecule has 0 radical (unpaired) electrons. The Morgan fingerprint density at radius 2 is 2.13 bits per heavy atom. The van der Waals surface area contributed by atoms with E-state index in [1.165, 1.54) is 0 Å². The molecule has 15 heavy (non-hydrogen) atoms. The summed E-state index contributed by atoms with van der Waals surface area (Å²) in [5, 5.41) is 2.91. The van der Waals surface area contributed by atoms with Gasteiger partial charge < -0.3 is 14.5 Å². The number of halogens is 1. The minimum absolute atomic E-state index is 0.160. The highest BCUT2D eigenvalue weighted by molar-refractivity contribution is 9.10. The summed E-state index contributed by atoms with van der Waals surface area (Å²) in [7, 11) is 0. The zero-order valence-electron chi connectivity index (χ0n) is 8.16. The van der Waals surface area contributed by atoms with Crippen LogP contribution in [0.2, 0.25) is 0 Å². The molecule has 0 atom stereocenters. The molecule has 1 amide bonds. The fourth-order valence-electron chi connectivity index (χ4n) is 1.53. The molecule has 0 bridgehead atoms. The predicted octanol–water partition coefficient (Wildman–Crippen LogP) is 1.95. The third-order valence-corrected chi connectivity index (χ3v) is 2.78. The molecule has 82 valence electrons. The van der Waals surface area contributed by atoms with Gasteiger partial charge in [-0.25, -0.2) is 0 Å². The van der Waals surface area contributed by atoms with Gasteiger partial charge in [0.2, 0.25) is 0 Å². The third-order valence-electron chi connectivity index (χ3n) is 2.35. The Labute approximate surface area is 96.1 Å². The molecule has 0 saturated carbocycles. The Morgan fingerprint density at radius 3 is 2.73 bits per heavy atom. The molecule has 1 aromatic rings. The van der Waals surface area contributed by atoms with Crippen LogP contribution in [0.4, 0.5) is 0 Å². The third kappa shape index (κ3) is 2.82. The van der Waals surface area contributed by atoms with E-state index in [0.717, 1.165) is 12.8 Å². The van der Waals surface area contributed by atoms with Crippen LogP contribution in [-0.4, -0.2) is 25.2 Å². The summed E-state index contributed by atoms with van der Waals surface area (Å²) in [6.07, 6.45) is 1.74. The van der Waals surface area contributed by atoms with Crippen LogP contribution >= 0.6 is 15.9 Å². The molecule has 4 nitrogen and oxygen atoms in total. The number of rotatable bonds is 2. The Hall–Kier alpha value is -0.810. The monoisotopic (exact) mass is 273 g/mol. The summed E-state index contributed by atoms with van der Waals surface area (Å²) in [5.74, 6) is 0.181. The van der Waals surface area contributed by atoms with Crippen LogP contribution in [0.5, 0.6) is 0 Å². The van der Waals surface area contributed by atoms with Gasteiger partial charge >= 0.3 is 0 Å². The van der Waals surface area contributed by atoms with Gasteiger partial charge in [0.15, 0.2) is 10.4 Å². The molecule has 0 aliphatic carbocycles.